The first kappa shape index (κ1) is 13.3. The van der Waals surface area contributed by atoms with Gasteiger partial charge in [0.05, 0.1) is 5.69 Å². The maximum Gasteiger partial charge on any atom is 0.330 e. The molecule has 0 spiro atoms. The first-order valence-corrected chi connectivity index (χ1v) is 6.43. The fraction of sp³-hybridized carbons (Fsp3) is 0.250. The summed E-state index contributed by atoms with van der Waals surface area (Å²) in [6.45, 7) is 3.24. The molecule has 0 fully saturated rings. The quantitative estimate of drug-likeness (QED) is 0.892. The molecular formula is C12H12N2O4S. The number of nitrogens with one attached hydrogen (secondary N) is 1. The van der Waals surface area contributed by atoms with Gasteiger partial charge in [-0.25, -0.2) is 4.79 Å². The highest BCUT2D eigenvalue weighted by atomic mass is 32.1. The fourth-order valence-electron chi connectivity index (χ4n) is 1.74. The summed E-state index contributed by atoms with van der Waals surface area (Å²) in [5.74, 6) is -1.25. The molecule has 0 aliphatic carbocycles. The number of carbonyl (C=O) groups is 2. The van der Waals surface area contributed by atoms with E-state index in [-0.39, 0.29) is 5.56 Å². The third-order valence-corrected chi connectivity index (χ3v) is 3.36. The van der Waals surface area contributed by atoms with Crippen LogP contribution >= 0.6 is 11.3 Å². The summed E-state index contributed by atoms with van der Waals surface area (Å²) in [7, 11) is 0. The second kappa shape index (κ2) is 5.23. The Morgan fingerprint density at radius 2 is 2.21 bits per heavy atom. The average Bonchev–Trinajstić information content (AvgIpc) is 2.96. The van der Waals surface area contributed by atoms with E-state index in [0.29, 0.717) is 17.0 Å². The third-order valence-electron chi connectivity index (χ3n) is 2.66. The zero-order valence-corrected chi connectivity index (χ0v) is 11.2. The second-order valence-electron chi connectivity index (χ2n) is 4.00. The number of aryl methyl sites for hydroxylation is 2. The van der Waals surface area contributed by atoms with Gasteiger partial charge in [0.25, 0.3) is 5.91 Å². The molecule has 2 aromatic heterocycles. The minimum Gasteiger partial charge on any atom is -0.479 e. The summed E-state index contributed by atoms with van der Waals surface area (Å²) in [5.41, 5.74) is 1.25. The zero-order valence-electron chi connectivity index (χ0n) is 10.3. The van der Waals surface area contributed by atoms with E-state index in [9.17, 15) is 14.7 Å². The monoisotopic (exact) mass is 280 g/mol. The predicted octanol–water partition coefficient (Wildman–Crippen LogP) is 1.91. The van der Waals surface area contributed by atoms with Crippen LogP contribution in [0.3, 0.4) is 0 Å². The van der Waals surface area contributed by atoms with Gasteiger partial charge in [-0.15, -0.1) is 0 Å². The molecule has 0 saturated heterocycles. The predicted molar refractivity (Wildman–Crippen MR) is 68.1 cm³/mol. The normalized spacial score (nSPS) is 12.1. The number of carbonyl (C=O) groups excluding carboxylic acids is 1. The molecule has 100 valence electrons. The number of hydrogen-bond donors (Lipinski definition) is 2. The number of rotatable bonds is 4. The summed E-state index contributed by atoms with van der Waals surface area (Å²) >= 11 is 1.37. The molecule has 2 heterocycles. The molecule has 0 radical (unpaired) electrons. The average molecular weight is 280 g/mol. The highest BCUT2D eigenvalue weighted by Crippen LogP contribution is 2.19. The van der Waals surface area contributed by atoms with Crippen LogP contribution in [0.4, 0.5) is 0 Å². The van der Waals surface area contributed by atoms with Gasteiger partial charge in [0, 0.05) is 0 Å². The molecule has 2 rings (SSSR count). The van der Waals surface area contributed by atoms with E-state index in [4.69, 9.17) is 4.52 Å². The molecule has 0 aliphatic heterocycles. The maximum atomic E-state index is 12.1. The van der Waals surface area contributed by atoms with Gasteiger partial charge < -0.3 is 14.9 Å². The molecule has 2 N–H and O–H groups in total. The minimum atomic E-state index is -1.11. The summed E-state index contributed by atoms with van der Waals surface area (Å²) in [6.07, 6.45) is 0. The molecule has 1 atom stereocenters. The van der Waals surface area contributed by atoms with Crippen molar-refractivity contribution in [2.75, 3.05) is 0 Å². The standard InChI is InChI=1S/C12H12N2O4S/c1-6-9(7(2)18-14-6)11(15)13-10(12(16)17)8-3-4-19-5-8/h3-5,10H,1-2H3,(H,13,15)(H,16,17). The molecule has 0 saturated carbocycles. The Kier molecular flexibility index (Phi) is 3.66. The lowest BCUT2D eigenvalue weighted by Crippen LogP contribution is -2.34. The number of carboxylic acid groups (broad SMARTS) is 1. The van der Waals surface area contributed by atoms with Gasteiger partial charge in [-0.3, -0.25) is 4.79 Å². The van der Waals surface area contributed by atoms with E-state index >= 15 is 0 Å². The third kappa shape index (κ3) is 2.65. The Morgan fingerprint density at radius 1 is 1.47 bits per heavy atom. The smallest absolute Gasteiger partial charge is 0.330 e. The van der Waals surface area contributed by atoms with Crippen molar-refractivity contribution in [1.82, 2.24) is 10.5 Å². The van der Waals surface area contributed by atoms with Gasteiger partial charge >= 0.3 is 5.97 Å². The fourth-order valence-corrected chi connectivity index (χ4v) is 2.42. The van der Waals surface area contributed by atoms with Crippen molar-refractivity contribution in [3.63, 3.8) is 0 Å². The van der Waals surface area contributed by atoms with E-state index in [2.05, 4.69) is 10.5 Å². The van der Waals surface area contributed by atoms with Crippen molar-refractivity contribution in [2.45, 2.75) is 19.9 Å². The lowest BCUT2D eigenvalue weighted by Gasteiger charge is -2.13. The number of thiophene rings is 1. The van der Waals surface area contributed by atoms with Crippen molar-refractivity contribution in [3.8, 4) is 0 Å². The minimum absolute atomic E-state index is 0.279. The highest BCUT2D eigenvalue weighted by Gasteiger charge is 2.26. The first-order valence-electron chi connectivity index (χ1n) is 5.49. The molecular weight excluding hydrogens is 268 g/mol. The zero-order chi connectivity index (χ0) is 14.0. The van der Waals surface area contributed by atoms with Crippen LogP contribution in [0.25, 0.3) is 0 Å². The van der Waals surface area contributed by atoms with Crippen LogP contribution in [0.2, 0.25) is 0 Å². The van der Waals surface area contributed by atoms with Crippen molar-refractivity contribution in [2.24, 2.45) is 0 Å². The molecule has 0 aromatic carbocycles. The van der Waals surface area contributed by atoms with Gasteiger partial charge in [0.2, 0.25) is 0 Å². The number of aliphatic carboxylic acids is 1. The SMILES string of the molecule is Cc1noc(C)c1C(=O)NC(C(=O)O)c1ccsc1. The van der Waals surface area contributed by atoms with Crippen molar-refractivity contribution < 1.29 is 19.2 Å². The number of carboxylic acids is 1. The van der Waals surface area contributed by atoms with E-state index < -0.39 is 17.9 Å². The van der Waals surface area contributed by atoms with Gasteiger partial charge in [0.1, 0.15) is 11.3 Å². The summed E-state index contributed by atoms with van der Waals surface area (Å²) in [4.78, 5) is 23.3. The number of aromatic nitrogens is 1. The van der Waals surface area contributed by atoms with Crippen LogP contribution < -0.4 is 5.32 Å². The van der Waals surface area contributed by atoms with E-state index in [1.165, 1.54) is 11.3 Å². The molecule has 1 unspecified atom stereocenters. The molecule has 6 nitrogen and oxygen atoms in total. The summed E-state index contributed by atoms with van der Waals surface area (Å²) in [6, 6.07) is 0.587. The topological polar surface area (TPSA) is 92.4 Å². The molecule has 19 heavy (non-hydrogen) atoms. The summed E-state index contributed by atoms with van der Waals surface area (Å²) < 4.78 is 4.89. The first-order chi connectivity index (χ1) is 9.00. The van der Waals surface area contributed by atoms with E-state index in [1.54, 1.807) is 30.7 Å². The molecule has 0 aliphatic rings. The maximum absolute atomic E-state index is 12.1. The Labute approximate surface area is 113 Å². The van der Waals surface area contributed by atoms with Gasteiger partial charge in [-0.1, -0.05) is 5.16 Å². The molecule has 7 heteroatoms. The molecule has 2 aromatic rings. The highest BCUT2D eigenvalue weighted by molar-refractivity contribution is 7.08. The van der Waals surface area contributed by atoms with Crippen molar-refractivity contribution in [3.05, 3.63) is 39.4 Å². The number of hydrogen-bond acceptors (Lipinski definition) is 5. The van der Waals surface area contributed by atoms with E-state index in [0.717, 1.165) is 0 Å². The van der Waals surface area contributed by atoms with Crippen LogP contribution in [0.15, 0.2) is 21.3 Å². The van der Waals surface area contributed by atoms with Crippen molar-refractivity contribution >= 4 is 23.2 Å². The molecule has 0 bridgehead atoms. The van der Waals surface area contributed by atoms with Crippen molar-refractivity contribution in [1.29, 1.82) is 0 Å². The van der Waals surface area contributed by atoms with Gasteiger partial charge in [-0.05, 0) is 36.2 Å². The lowest BCUT2D eigenvalue weighted by atomic mass is 10.1. The van der Waals surface area contributed by atoms with Crippen LogP contribution in [-0.4, -0.2) is 22.1 Å². The van der Waals surface area contributed by atoms with Gasteiger partial charge in [0.15, 0.2) is 6.04 Å². The Hall–Kier alpha value is -2.15. The van der Waals surface area contributed by atoms with Crippen LogP contribution in [-0.2, 0) is 4.79 Å². The second-order valence-corrected chi connectivity index (χ2v) is 4.78. The molecule has 1 amide bonds. The number of amides is 1. The van der Waals surface area contributed by atoms with Crippen LogP contribution in [0, 0.1) is 13.8 Å². The Bertz CT molecular complexity index is 584. The number of nitrogens with zero attached hydrogens (tertiary/aromatic N) is 1. The Morgan fingerprint density at radius 3 is 2.68 bits per heavy atom. The Balaban J connectivity index is 2.24. The van der Waals surface area contributed by atoms with Gasteiger partial charge in [-0.2, -0.15) is 11.3 Å². The van der Waals surface area contributed by atoms with Crippen LogP contribution in [0.5, 0.6) is 0 Å². The summed E-state index contributed by atoms with van der Waals surface area (Å²) in [5, 5.41) is 18.8. The largest absolute Gasteiger partial charge is 0.479 e. The van der Waals surface area contributed by atoms with Crippen LogP contribution in [0.1, 0.15) is 33.4 Å². The lowest BCUT2D eigenvalue weighted by molar-refractivity contribution is -0.139. The van der Waals surface area contributed by atoms with E-state index in [1.807, 2.05) is 0 Å².